The van der Waals surface area contributed by atoms with E-state index in [2.05, 4.69) is 36.3 Å². The van der Waals surface area contributed by atoms with E-state index >= 15 is 0 Å². The molecule has 30 heavy (non-hydrogen) atoms. The van der Waals surface area contributed by atoms with Crippen molar-refractivity contribution in [1.29, 1.82) is 0 Å². The molecule has 1 aromatic carbocycles. The lowest BCUT2D eigenvalue weighted by Crippen LogP contribution is -2.43. The highest BCUT2D eigenvalue weighted by Gasteiger charge is 2.32. The molecule has 1 fully saturated rings. The Morgan fingerprint density at radius 2 is 2.13 bits per heavy atom. The summed E-state index contributed by atoms with van der Waals surface area (Å²) in [5, 5.41) is 10.3. The summed E-state index contributed by atoms with van der Waals surface area (Å²) in [7, 11) is 0. The van der Waals surface area contributed by atoms with Crippen LogP contribution in [0.15, 0.2) is 54.7 Å². The number of rotatable bonds is 6. The minimum Gasteiger partial charge on any atom is -0.350 e. The molecule has 4 heterocycles. The summed E-state index contributed by atoms with van der Waals surface area (Å²) in [4.78, 5) is 28.9. The van der Waals surface area contributed by atoms with E-state index in [1.165, 1.54) is 6.33 Å². The molecule has 1 unspecified atom stereocenters. The number of aromatic nitrogens is 5. The van der Waals surface area contributed by atoms with Crippen molar-refractivity contribution in [2.45, 2.75) is 32.0 Å². The van der Waals surface area contributed by atoms with E-state index in [1.54, 1.807) is 28.7 Å². The molecule has 1 aliphatic rings. The van der Waals surface area contributed by atoms with Gasteiger partial charge in [-0.3, -0.25) is 4.79 Å². The number of nitrogens with zero attached hydrogens (tertiary/aromatic N) is 6. The lowest BCUT2D eigenvalue weighted by Gasteiger charge is -2.25. The van der Waals surface area contributed by atoms with Crippen LogP contribution in [0.25, 0.3) is 10.2 Å². The van der Waals surface area contributed by atoms with Crippen LogP contribution in [0, 0.1) is 0 Å². The standard InChI is InChI=1S/C21H21N7OS/c29-20(23-10-15-3-1-4-16(9-15)11-27-14-22-12-26-27)18-5-2-7-28(18)19-17-6-8-30-21(17)25-13-24-19/h1,3-4,6,8-9,12-14,18H,2,5,7,10-11H2,(H,23,29). The van der Waals surface area contributed by atoms with Gasteiger partial charge in [0, 0.05) is 13.1 Å². The minimum absolute atomic E-state index is 0.0381. The normalized spacial score (nSPS) is 16.3. The van der Waals surface area contributed by atoms with Crippen molar-refractivity contribution >= 4 is 33.3 Å². The van der Waals surface area contributed by atoms with Gasteiger partial charge in [0.2, 0.25) is 5.91 Å². The molecule has 1 N–H and O–H groups in total. The summed E-state index contributed by atoms with van der Waals surface area (Å²) in [5.41, 5.74) is 2.18. The topological polar surface area (TPSA) is 88.8 Å². The molecule has 0 aliphatic carbocycles. The predicted octanol–water partition coefficient (Wildman–Crippen LogP) is 2.62. The van der Waals surface area contributed by atoms with Crippen LogP contribution in [0.4, 0.5) is 5.82 Å². The number of carbonyl (C=O) groups excluding carboxylic acids is 1. The second kappa shape index (κ2) is 8.19. The monoisotopic (exact) mass is 419 g/mol. The zero-order valence-corrected chi connectivity index (χ0v) is 17.1. The summed E-state index contributed by atoms with van der Waals surface area (Å²) >= 11 is 1.59. The van der Waals surface area contributed by atoms with Crippen molar-refractivity contribution in [2.75, 3.05) is 11.4 Å². The summed E-state index contributed by atoms with van der Waals surface area (Å²) in [6.45, 7) is 1.97. The maximum atomic E-state index is 13.0. The lowest BCUT2D eigenvalue weighted by molar-refractivity contribution is -0.122. The van der Waals surface area contributed by atoms with Gasteiger partial charge in [-0.15, -0.1) is 11.3 Å². The highest BCUT2D eigenvalue weighted by Crippen LogP contribution is 2.31. The summed E-state index contributed by atoms with van der Waals surface area (Å²) in [6.07, 6.45) is 6.61. The molecule has 3 aromatic heterocycles. The van der Waals surface area contributed by atoms with Gasteiger partial charge in [0.15, 0.2) is 0 Å². The Kier molecular flexibility index (Phi) is 5.10. The zero-order valence-electron chi connectivity index (χ0n) is 16.3. The van der Waals surface area contributed by atoms with E-state index in [4.69, 9.17) is 0 Å². The van der Waals surface area contributed by atoms with E-state index in [9.17, 15) is 4.79 Å². The number of fused-ring (bicyclic) bond motifs is 1. The average molecular weight is 420 g/mol. The van der Waals surface area contributed by atoms with Gasteiger partial charge >= 0.3 is 0 Å². The van der Waals surface area contributed by atoms with Crippen LogP contribution in [0.2, 0.25) is 0 Å². The zero-order chi connectivity index (χ0) is 20.3. The van der Waals surface area contributed by atoms with Gasteiger partial charge in [-0.1, -0.05) is 24.3 Å². The number of carbonyl (C=O) groups is 1. The van der Waals surface area contributed by atoms with Crippen LogP contribution >= 0.6 is 11.3 Å². The van der Waals surface area contributed by atoms with Crippen molar-refractivity contribution in [3.8, 4) is 0 Å². The van der Waals surface area contributed by atoms with Crippen molar-refractivity contribution in [2.24, 2.45) is 0 Å². The smallest absolute Gasteiger partial charge is 0.243 e. The average Bonchev–Trinajstić information content (AvgIpc) is 3.53. The van der Waals surface area contributed by atoms with Crippen LogP contribution < -0.4 is 10.2 Å². The van der Waals surface area contributed by atoms with Crippen LogP contribution in [0.3, 0.4) is 0 Å². The molecule has 5 rings (SSSR count). The quantitative estimate of drug-likeness (QED) is 0.517. The van der Waals surface area contributed by atoms with E-state index in [-0.39, 0.29) is 11.9 Å². The third-order valence-electron chi connectivity index (χ3n) is 5.34. The van der Waals surface area contributed by atoms with Gasteiger partial charge in [0.25, 0.3) is 0 Å². The SMILES string of the molecule is O=C(NCc1cccc(Cn2cncn2)c1)C1CCCN1c1ncnc2sccc12. The van der Waals surface area contributed by atoms with E-state index in [0.29, 0.717) is 13.1 Å². The molecular weight excluding hydrogens is 398 g/mol. The molecule has 0 bridgehead atoms. The summed E-state index contributed by atoms with van der Waals surface area (Å²) in [6, 6.07) is 9.99. The number of anilines is 1. The number of thiophene rings is 1. The fourth-order valence-corrected chi connectivity index (χ4v) is 4.67. The first kappa shape index (κ1) is 18.7. The second-order valence-electron chi connectivity index (χ2n) is 7.32. The van der Waals surface area contributed by atoms with E-state index < -0.39 is 0 Å². The number of nitrogens with one attached hydrogen (secondary N) is 1. The van der Waals surface area contributed by atoms with Crippen molar-refractivity contribution in [3.05, 3.63) is 65.8 Å². The highest BCUT2D eigenvalue weighted by atomic mass is 32.1. The Morgan fingerprint density at radius 1 is 1.20 bits per heavy atom. The predicted molar refractivity (Wildman–Crippen MR) is 115 cm³/mol. The third-order valence-corrected chi connectivity index (χ3v) is 6.16. The van der Waals surface area contributed by atoms with Crippen LogP contribution in [0.1, 0.15) is 24.0 Å². The molecule has 1 saturated heterocycles. The number of benzene rings is 1. The van der Waals surface area contributed by atoms with Crippen molar-refractivity contribution < 1.29 is 4.79 Å². The summed E-state index contributed by atoms with van der Waals surface area (Å²) in [5.74, 6) is 0.893. The molecule has 8 nitrogen and oxygen atoms in total. The Morgan fingerprint density at radius 3 is 3.03 bits per heavy atom. The molecule has 1 amide bonds. The second-order valence-corrected chi connectivity index (χ2v) is 8.21. The maximum absolute atomic E-state index is 13.0. The molecule has 152 valence electrons. The van der Waals surface area contributed by atoms with Gasteiger partial charge in [-0.2, -0.15) is 5.10 Å². The lowest BCUT2D eigenvalue weighted by atomic mass is 10.1. The van der Waals surface area contributed by atoms with E-state index in [1.807, 2.05) is 29.6 Å². The van der Waals surface area contributed by atoms with Crippen LogP contribution in [-0.4, -0.2) is 43.2 Å². The molecule has 0 saturated carbocycles. The van der Waals surface area contributed by atoms with Crippen LogP contribution in [0.5, 0.6) is 0 Å². The molecule has 0 spiro atoms. The van der Waals surface area contributed by atoms with Gasteiger partial charge in [0.05, 0.1) is 11.9 Å². The van der Waals surface area contributed by atoms with Gasteiger partial charge in [0.1, 0.15) is 35.7 Å². The van der Waals surface area contributed by atoms with Gasteiger partial charge in [-0.25, -0.2) is 19.6 Å². The maximum Gasteiger partial charge on any atom is 0.243 e. The first-order chi connectivity index (χ1) is 14.8. The van der Waals surface area contributed by atoms with Gasteiger partial charge < -0.3 is 10.2 Å². The molecule has 9 heteroatoms. The molecule has 4 aromatic rings. The molecular formula is C21H21N7OS. The molecule has 1 aliphatic heterocycles. The Labute approximate surface area is 177 Å². The van der Waals surface area contributed by atoms with Crippen LogP contribution in [-0.2, 0) is 17.9 Å². The Hall–Kier alpha value is -3.33. The van der Waals surface area contributed by atoms with E-state index in [0.717, 1.165) is 46.5 Å². The number of hydrogen-bond donors (Lipinski definition) is 1. The first-order valence-corrected chi connectivity index (χ1v) is 10.8. The fraction of sp³-hybridized carbons (Fsp3) is 0.286. The van der Waals surface area contributed by atoms with Gasteiger partial charge in [-0.05, 0) is 35.4 Å². The number of amides is 1. The first-order valence-electron chi connectivity index (χ1n) is 9.91. The summed E-state index contributed by atoms with van der Waals surface area (Å²) < 4.78 is 1.78. The number of hydrogen-bond acceptors (Lipinski definition) is 7. The fourth-order valence-electron chi connectivity index (χ4n) is 3.95. The van der Waals surface area contributed by atoms with Crippen molar-refractivity contribution in [3.63, 3.8) is 0 Å². The third kappa shape index (κ3) is 3.76. The Bertz CT molecular complexity index is 1160. The highest BCUT2D eigenvalue weighted by molar-refractivity contribution is 7.16. The van der Waals surface area contributed by atoms with Crippen molar-refractivity contribution in [1.82, 2.24) is 30.0 Å². The largest absolute Gasteiger partial charge is 0.350 e. The minimum atomic E-state index is -0.207. The molecule has 0 radical (unpaired) electrons. The molecule has 1 atom stereocenters. The Balaban J connectivity index is 1.27.